The summed E-state index contributed by atoms with van der Waals surface area (Å²) in [4.78, 5) is 48.8. The highest BCUT2D eigenvalue weighted by Crippen LogP contribution is 2.09. The third-order valence-electron chi connectivity index (χ3n) is 2.47. The number of aromatic nitrogens is 2. The summed E-state index contributed by atoms with van der Waals surface area (Å²) in [5.41, 5.74) is 5.26. The molecule has 3 N–H and O–H groups in total. The zero-order valence-corrected chi connectivity index (χ0v) is 18.8. The van der Waals surface area contributed by atoms with Gasteiger partial charge in [0.15, 0.2) is 0 Å². The molecule has 164 valence electrons. The summed E-state index contributed by atoms with van der Waals surface area (Å²) in [5.74, 6) is -1.43. The van der Waals surface area contributed by atoms with Crippen LogP contribution < -0.4 is 11.1 Å². The zero-order chi connectivity index (χ0) is 22.4. The van der Waals surface area contributed by atoms with E-state index in [-0.39, 0.29) is 19.0 Å². The topological polar surface area (TPSA) is 141 Å². The number of Topliss-reactive ketones (excluding diaryl/α,β-unsaturated/α-hetero) is 1. The molecule has 0 aliphatic rings. The van der Waals surface area contributed by atoms with Crippen molar-refractivity contribution in [3.63, 3.8) is 0 Å². The van der Waals surface area contributed by atoms with Gasteiger partial charge in [-0.15, -0.1) is 12.4 Å². The lowest BCUT2D eigenvalue weighted by molar-refractivity contribution is -0.149. The Morgan fingerprint density at radius 3 is 1.87 bits per heavy atom. The molecular weight excluding hydrogens is 482 g/mol. The Morgan fingerprint density at radius 1 is 1.03 bits per heavy atom. The van der Waals surface area contributed by atoms with Crippen molar-refractivity contribution in [2.75, 3.05) is 17.7 Å². The van der Waals surface area contributed by atoms with E-state index in [0.29, 0.717) is 21.7 Å². The van der Waals surface area contributed by atoms with Crippen LogP contribution in [0, 0.1) is 0 Å². The van der Waals surface area contributed by atoms with Crippen LogP contribution >= 0.6 is 47.2 Å². The Balaban J connectivity index is 0. The van der Waals surface area contributed by atoms with Gasteiger partial charge in [-0.2, -0.15) is 0 Å². The van der Waals surface area contributed by atoms with Crippen molar-refractivity contribution >= 4 is 81.7 Å². The maximum Gasteiger partial charge on any atom is 0.391 e. The van der Waals surface area contributed by atoms with Crippen LogP contribution in [-0.2, 0) is 23.9 Å². The van der Waals surface area contributed by atoms with E-state index in [1.165, 1.54) is 25.4 Å². The van der Waals surface area contributed by atoms with Crippen molar-refractivity contribution in [2.24, 2.45) is 0 Å². The molecule has 30 heavy (non-hydrogen) atoms. The minimum absolute atomic E-state index is 0. The van der Waals surface area contributed by atoms with Gasteiger partial charge in [-0.1, -0.05) is 23.2 Å². The van der Waals surface area contributed by atoms with Crippen molar-refractivity contribution in [2.45, 2.75) is 13.8 Å². The highest BCUT2D eigenvalue weighted by Gasteiger charge is 2.09. The predicted octanol–water partition coefficient (Wildman–Crippen LogP) is 3.32. The maximum atomic E-state index is 10.9. The highest BCUT2D eigenvalue weighted by molar-refractivity contribution is 6.80. The van der Waals surface area contributed by atoms with E-state index in [2.05, 4.69) is 20.0 Å². The maximum absolute atomic E-state index is 10.9. The molecule has 0 saturated carbocycles. The minimum Gasteiger partial charge on any atom is -0.459 e. The van der Waals surface area contributed by atoms with Gasteiger partial charge in [0, 0.05) is 19.3 Å². The first-order valence-corrected chi connectivity index (χ1v) is 8.87. The molecular formula is C17H18Cl4N4O5. The monoisotopic (exact) mass is 498 g/mol. The number of carbonyl (C=O) groups is 4. The number of rotatable bonds is 4. The number of nitrogen functional groups attached to an aromatic ring is 1. The van der Waals surface area contributed by atoms with E-state index in [9.17, 15) is 19.2 Å². The Bertz CT molecular complexity index is 812. The number of esters is 1. The minimum atomic E-state index is -1.08. The molecule has 2 rings (SSSR count). The molecule has 0 radical (unpaired) electrons. The first-order chi connectivity index (χ1) is 13.6. The highest BCUT2D eigenvalue weighted by atomic mass is 35.5. The molecule has 0 bridgehead atoms. The molecule has 2 aromatic rings. The fourth-order valence-electron chi connectivity index (χ4n) is 1.23. The summed E-state index contributed by atoms with van der Waals surface area (Å²) in [6, 6.07) is 6.44. The predicted molar refractivity (Wildman–Crippen MR) is 117 cm³/mol. The molecule has 0 spiro atoms. The second-order valence-electron chi connectivity index (χ2n) is 4.77. The number of pyridine rings is 2. The standard InChI is InChI=1S/C8H7ClN2O2.C5H5ClN2.C4H5ClO3.ClH/c1-5(12)8(13)11-7-3-2-6(9)4-10-7;6-4-1-2-5(7)8-3-4;1-2-8-4(7)3(5)6;/h2-4H,1H3,(H,10,11,13);1-3H,(H2,7,8);2H2,1H3;1H. The van der Waals surface area contributed by atoms with E-state index in [4.69, 9.17) is 40.5 Å². The molecule has 1 amide bonds. The number of halogens is 4. The van der Waals surface area contributed by atoms with Crippen LogP contribution in [-0.4, -0.2) is 39.5 Å². The van der Waals surface area contributed by atoms with Crippen LogP contribution in [0.15, 0.2) is 36.7 Å². The molecule has 9 nitrogen and oxygen atoms in total. The third-order valence-corrected chi connectivity index (χ3v) is 3.08. The summed E-state index contributed by atoms with van der Waals surface area (Å²) in [5, 5.41) is 2.32. The molecule has 0 aliphatic carbocycles. The van der Waals surface area contributed by atoms with E-state index in [1.54, 1.807) is 25.1 Å². The van der Waals surface area contributed by atoms with Crippen LogP contribution in [0.2, 0.25) is 10.0 Å². The third kappa shape index (κ3) is 14.5. The van der Waals surface area contributed by atoms with Gasteiger partial charge >= 0.3 is 11.2 Å². The van der Waals surface area contributed by atoms with Gasteiger partial charge in [-0.3, -0.25) is 14.4 Å². The fourth-order valence-corrected chi connectivity index (χ4v) is 1.51. The first-order valence-electron chi connectivity index (χ1n) is 7.73. The smallest absolute Gasteiger partial charge is 0.391 e. The van der Waals surface area contributed by atoms with Gasteiger partial charge in [0.1, 0.15) is 11.6 Å². The summed E-state index contributed by atoms with van der Waals surface area (Å²) in [6.07, 6.45) is 2.90. The summed E-state index contributed by atoms with van der Waals surface area (Å²) in [6.45, 7) is 2.96. The van der Waals surface area contributed by atoms with Crippen molar-refractivity contribution in [1.29, 1.82) is 0 Å². The lowest BCUT2D eigenvalue weighted by Crippen LogP contribution is -2.20. The van der Waals surface area contributed by atoms with Gasteiger partial charge in [0.25, 0.3) is 5.91 Å². The van der Waals surface area contributed by atoms with E-state index in [0.717, 1.165) is 0 Å². The Labute approximate surface area is 193 Å². The Morgan fingerprint density at radius 2 is 1.57 bits per heavy atom. The summed E-state index contributed by atoms with van der Waals surface area (Å²) >= 11 is 15.8. The fraction of sp³-hybridized carbons (Fsp3) is 0.176. The van der Waals surface area contributed by atoms with Crippen molar-refractivity contribution < 1.29 is 23.9 Å². The van der Waals surface area contributed by atoms with E-state index < -0.39 is 22.9 Å². The van der Waals surface area contributed by atoms with Gasteiger partial charge in [0.2, 0.25) is 5.78 Å². The SMILES string of the molecule is CC(=O)C(=O)Nc1ccc(Cl)cn1.CCOC(=O)C(=O)Cl.Cl.Nc1ccc(Cl)cn1. The number of carbonyl (C=O) groups excluding carboxylic acids is 4. The molecule has 0 saturated heterocycles. The van der Waals surface area contributed by atoms with Crippen molar-refractivity contribution in [3.8, 4) is 0 Å². The number of hydrogen-bond donors (Lipinski definition) is 2. The Hall–Kier alpha value is -2.46. The average molecular weight is 500 g/mol. The molecule has 2 aromatic heterocycles. The number of anilines is 2. The van der Waals surface area contributed by atoms with Crippen LogP contribution in [0.3, 0.4) is 0 Å². The van der Waals surface area contributed by atoms with E-state index in [1.807, 2.05) is 0 Å². The first kappa shape index (κ1) is 29.7. The lowest BCUT2D eigenvalue weighted by atomic mass is 10.4. The number of hydrogen-bond acceptors (Lipinski definition) is 8. The largest absolute Gasteiger partial charge is 0.459 e. The van der Waals surface area contributed by atoms with Crippen LogP contribution in [0.4, 0.5) is 11.6 Å². The molecule has 13 heteroatoms. The van der Waals surface area contributed by atoms with E-state index >= 15 is 0 Å². The number of nitrogens with two attached hydrogens (primary N) is 1. The molecule has 0 atom stereocenters. The molecule has 0 aromatic carbocycles. The molecule has 0 aliphatic heterocycles. The number of ether oxygens (including phenoxy) is 1. The van der Waals surface area contributed by atoms with Gasteiger partial charge in [-0.05, 0) is 42.8 Å². The quantitative estimate of drug-likeness (QED) is 0.370. The Kier molecular flexibility index (Phi) is 16.2. The second kappa shape index (κ2) is 16.3. The number of nitrogens with one attached hydrogen (secondary N) is 1. The normalized spacial score (nSPS) is 8.70. The van der Waals surface area contributed by atoms with Gasteiger partial charge < -0.3 is 15.8 Å². The van der Waals surface area contributed by atoms with Crippen molar-refractivity contribution in [1.82, 2.24) is 9.97 Å². The van der Waals surface area contributed by atoms with Crippen LogP contribution in [0.25, 0.3) is 0 Å². The number of amides is 1. The molecule has 0 unspecified atom stereocenters. The second-order valence-corrected chi connectivity index (χ2v) is 5.98. The lowest BCUT2D eigenvalue weighted by Gasteiger charge is -2.00. The van der Waals surface area contributed by atoms with Crippen molar-refractivity contribution in [3.05, 3.63) is 46.7 Å². The summed E-state index contributed by atoms with van der Waals surface area (Å²) in [7, 11) is 0. The average Bonchev–Trinajstić information content (AvgIpc) is 2.67. The van der Waals surface area contributed by atoms with Gasteiger partial charge in [-0.25, -0.2) is 14.8 Å². The zero-order valence-electron chi connectivity index (χ0n) is 15.7. The van der Waals surface area contributed by atoms with Crippen LogP contribution in [0.1, 0.15) is 13.8 Å². The number of ketones is 1. The summed E-state index contributed by atoms with van der Waals surface area (Å²) < 4.78 is 4.18. The van der Waals surface area contributed by atoms with Crippen LogP contribution in [0.5, 0.6) is 0 Å². The molecule has 2 heterocycles. The number of nitrogens with zero attached hydrogens (tertiary/aromatic N) is 2. The van der Waals surface area contributed by atoms with Gasteiger partial charge in [0.05, 0.1) is 16.7 Å². The molecule has 0 fully saturated rings.